The van der Waals surface area contributed by atoms with Crippen LogP contribution in [0.4, 0.5) is 26.3 Å². The van der Waals surface area contributed by atoms with Gasteiger partial charge in [0.1, 0.15) is 22.1 Å². The van der Waals surface area contributed by atoms with Crippen LogP contribution in [0.15, 0.2) is 66.4 Å². The number of piperidine rings is 2. The summed E-state index contributed by atoms with van der Waals surface area (Å²) in [5.41, 5.74) is -5.26. The van der Waals surface area contributed by atoms with Gasteiger partial charge >= 0.3 is 12.4 Å². The normalized spacial score (nSPS) is 22.1. The number of carbonyl (C=O) groups excluding carboxylic acids is 2. The minimum absolute atomic E-state index is 0.00139. The Bertz CT molecular complexity index is 1920. The van der Waals surface area contributed by atoms with Crippen LogP contribution in [0.5, 0.6) is 11.5 Å². The molecule has 4 heterocycles. The Labute approximate surface area is 331 Å². The number of ether oxygens (including phenoxy) is 2. The molecule has 3 fully saturated rings. The SMILES string of the molecule is C=C(O)C1(CCCOc2ccccc2C2(O)CCN(C(=O)[C@]3(Oc4csc(C(F)(F)F)c4)CCCN(C(=O)c4ncccc4C(F)(F)F)[C@@H]3CCC)CC2)CCC1. The number of halogens is 6. The first kappa shape index (κ1) is 42.3. The zero-order chi connectivity index (χ0) is 41.2. The van der Waals surface area contributed by atoms with Gasteiger partial charge in [-0.1, -0.05) is 44.5 Å². The smallest absolute Gasteiger partial charge is 0.425 e. The molecular formula is C41H47F6N3O6S. The predicted molar refractivity (Wildman–Crippen MR) is 200 cm³/mol. The first-order valence-electron chi connectivity index (χ1n) is 19.2. The van der Waals surface area contributed by atoms with Crippen molar-refractivity contribution in [2.45, 2.75) is 107 Å². The molecule has 9 nitrogen and oxygen atoms in total. The van der Waals surface area contributed by atoms with Crippen molar-refractivity contribution in [2.24, 2.45) is 5.41 Å². The van der Waals surface area contributed by atoms with Gasteiger partial charge in [0.15, 0.2) is 0 Å². The van der Waals surface area contributed by atoms with Crippen LogP contribution in [0.3, 0.4) is 0 Å². The topological polar surface area (TPSA) is 112 Å². The Morgan fingerprint density at radius 2 is 1.70 bits per heavy atom. The number of hydrogen-bond donors (Lipinski definition) is 2. The molecule has 1 aliphatic carbocycles. The van der Waals surface area contributed by atoms with Gasteiger partial charge in [-0.25, -0.2) is 0 Å². The van der Waals surface area contributed by atoms with E-state index in [0.717, 1.165) is 53.9 Å². The van der Waals surface area contributed by atoms with E-state index in [9.17, 15) is 46.1 Å². The van der Waals surface area contributed by atoms with Crippen LogP contribution in [-0.4, -0.2) is 74.7 Å². The number of aliphatic hydroxyl groups excluding tert-OH is 1. The van der Waals surface area contributed by atoms with Gasteiger partial charge in [-0.05, 0) is 69.6 Å². The maximum Gasteiger partial charge on any atom is 0.425 e. The monoisotopic (exact) mass is 823 g/mol. The average molecular weight is 824 g/mol. The second-order valence-electron chi connectivity index (χ2n) is 15.3. The molecular weight excluding hydrogens is 777 g/mol. The summed E-state index contributed by atoms with van der Waals surface area (Å²) in [7, 11) is 0. The number of thiophene rings is 1. The second kappa shape index (κ2) is 16.5. The summed E-state index contributed by atoms with van der Waals surface area (Å²) in [5, 5.41) is 23.3. The van der Waals surface area contributed by atoms with Crippen molar-refractivity contribution in [3.8, 4) is 11.5 Å². The highest BCUT2D eigenvalue weighted by molar-refractivity contribution is 7.10. The van der Waals surface area contributed by atoms with E-state index >= 15 is 0 Å². The van der Waals surface area contributed by atoms with Crippen LogP contribution in [0, 0.1) is 5.41 Å². The van der Waals surface area contributed by atoms with Gasteiger partial charge in [0.25, 0.3) is 11.8 Å². The second-order valence-corrected chi connectivity index (χ2v) is 16.2. The molecule has 6 rings (SSSR count). The van der Waals surface area contributed by atoms with E-state index in [1.807, 2.05) is 0 Å². The molecule has 2 atom stereocenters. The number of alkyl halides is 6. The van der Waals surface area contributed by atoms with E-state index < -0.39 is 57.5 Å². The zero-order valence-electron chi connectivity index (χ0n) is 31.6. The van der Waals surface area contributed by atoms with E-state index in [4.69, 9.17) is 9.47 Å². The highest BCUT2D eigenvalue weighted by Gasteiger charge is 2.57. The van der Waals surface area contributed by atoms with E-state index in [2.05, 4.69) is 11.6 Å². The first-order chi connectivity index (χ1) is 26.9. The van der Waals surface area contributed by atoms with Gasteiger partial charge in [0.2, 0.25) is 5.60 Å². The van der Waals surface area contributed by atoms with Gasteiger partial charge in [-0.15, -0.1) is 11.3 Å². The van der Waals surface area contributed by atoms with Gasteiger partial charge in [0.05, 0.1) is 29.6 Å². The molecule has 3 aliphatic rings. The zero-order valence-corrected chi connectivity index (χ0v) is 32.4. The van der Waals surface area contributed by atoms with Crippen LogP contribution in [-0.2, 0) is 22.7 Å². The molecule has 3 aromatic rings. The van der Waals surface area contributed by atoms with Crippen LogP contribution in [0.1, 0.15) is 104 Å². The average Bonchev–Trinajstić information content (AvgIpc) is 3.63. The Balaban J connectivity index is 1.26. The molecule has 1 saturated carbocycles. The molecule has 0 bridgehead atoms. The van der Waals surface area contributed by atoms with Crippen LogP contribution in [0.2, 0.25) is 0 Å². The number of hydrogen-bond acceptors (Lipinski definition) is 8. The first-order valence-corrected chi connectivity index (χ1v) is 20.1. The van der Waals surface area contributed by atoms with Gasteiger partial charge < -0.3 is 29.5 Å². The molecule has 0 spiro atoms. The maximum absolute atomic E-state index is 15.0. The van der Waals surface area contributed by atoms with Crippen molar-refractivity contribution < 1.29 is 55.6 Å². The van der Waals surface area contributed by atoms with Gasteiger partial charge in [-0.3, -0.25) is 14.6 Å². The largest absolute Gasteiger partial charge is 0.512 e. The minimum atomic E-state index is -4.91. The molecule has 2 N–H and O–H groups in total. The van der Waals surface area contributed by atoms with Gasteiger partial charge in [-0.2, -0.15) is 26.3 Å². The van der Waals surface area contributed by atoms with Crippen molar-refractivity contribution >= 4 is 23.2 Å². The minimum Gasteiger partial charge on any atom is -0.512 e. The van der Waals surface area contributed by atoms with Crippen molar-refractivity contribution in [2.75, 3.05) is 26.2 Å². The molecule has 16 heteroatoms. The molecule has 2 saturated heterocycles. The number of allylic oxidation sites excluding steroid dienone is 1. The summed E-state index contributed by atoms with van der Waals surface area (Å²) in [6.45, 7) is 5.80. The molecule has 2 aromatic heterocycles. The fourth-order valence-electron chi connectivity index (χ4n) is 8.55. The number of carbonyl (C=O) groups is 2. The van der Waals surface area contributed by atoms with E-state index in [1.165, 1.54) is 4.90 Å². The maximum atomic E-state index is 15.0. The number of nitrogens with zero attached hydrogens (tertiary/aromatic N) is 3. The molecule has 0 radical (unpaired) electrons. The third-order valence-corrected chi connectivity index (χ3v) is 12.7. The third-order valence-electron chi connectivity index (χ3n) is 11.8. The number of aliphatic hydroxyl groups is 2. The summed E-state index contributed by atoms with van der Waals surface area (Å²) < 4.78 is 95.9. The molecule has 1 aromatic carbocycles. The van der Waals surface area contributed by atoms with E-state index in [1.54, 1.807) is 31.2 Å². The van der Waals surface area contributed by atoms with E-state index in [0.29, 0.717) is 48.5 Å². The molecule has 310 valence electrons. The van der Waals surface area contributed by atoms with Gasteiger partial charge in [0, 0.05) is 54.7 Å². The molecule has 2 amide bonds. The summed E-state index contributed by atoms with van der Waals surface area (Å²) in [5.74, 6) is -1.30. The van der Waals surface area contributed by atoms with Crippen molar-refractivity contribution in [1.82, 2.24) is 14.8 Å². The fraction of sp³-hybridized carbons (Fsp3) is 0.537. The highest BCUT2D eigenvalue weighted by atomic mass is 32.1. The number of benzene rings is 1. The predicted octanol–water partition coefficient (Wildman–Crippen LogP) is 9.31. The number of para-hydroxylation sites is 1. The Kier molecular flexibility index (Phi) is 12.3. The van der Waals surface area contributed by atoms with Crippen molar-refractivity contribution in [3.63, 3.8) is 0 Å². The number of pyridine rings is 1. The lowest BCUT2D eigenvalue weighted by Gasteiger charge is -2.51. The standard InChI is InChI=1S/C41H47F6N3O6S/c1-3-10-32-39(56-28-25-33(57-26-28)41(45,46)47,17-8-21-50(32)35(52)34-30(40(42,43)44)12-6-20-48-34)36(53)49-22-18-38(54,19-23-49)29-11-4-5-13-31(29)55-24-9-16-37(27(2)51)14-7-15-37/h4-6,11-13,20,25-26,32,51,54H,2-3,7-10,14-19,21-24H2,1H3/t32-,39+/m1/s1. The van der Waals surface area contributed by atoms with E-state index in [-0.39, 0.29) is 68.7 Å². The van der Waals surface area contributed by atoms with Crippen LogP contribution in [0.25, 0.3) is 0 Å². The van der Waals surface area contributed by atoms with Crippen LogP contribution >= 0.6 is 11.3 Å². The van der Waals surface area contributed by atoms with Crippen molar-refractivity contribution in [3.05, 3.63) is 88.1 Å². The third kappa shape index (κ3) is 8.62. The number of aromatic nitrogens is 1. The lowest BCUT2D eigenvalue weighted by molar-refractivity contribution is -0.163. The lowest BCUT2D eigenvalue weighted by atomic mass is 9.65. The summed E-state index contributed by atoms with van der Waals surface area (Å²) in [6, 6.07) is 8.47. The number of likely N-dealkylation sites (tertiary alicyclic amines) is 2. The molecule has 57 heavy (non-hydrogen) atoms. The Morgan fingerprint density at radius 1 is 0.982 bits per heavy atom. The Morgan fingerprint density at radius 3 is 2.32 bits per heavy atom. The summed E-state index contributed by atoms with van der Waals surface area (Å²) in [4.78, 5) is 34.5. The molecule has 2 aliphatic heterocycles. The fourth-order valence-corrected chi connectivity index (χ4v) is 9.23. The Hall–Kier alpha value is -4.31. The summed E-state index contributed by atoms with van der Waals surface area (Å²) >= 11 is 0.376. The number of rotatable bonds is 13. The highest BCUT2D eigenvalue weighted by Crippen LogP contribution is 2.49. The summed E-state index contributed by atoms with van der Waals surface area (Å²) in [6.07, 6.45) is -3.78. The quantitative estimate of drug-likeness (QED) is 0.100. The lowest BCUT2D eigenvalue weighted by Crippen LogP contribution is -2.68. The van der Waals surface area contributed by atoms with Crippen LogP contribution < -0.4 is 9.47 Å². The number of amides is 2. The van der Waals surface area contributed by atoms with Crippen molar-refractivity contribution in [1.29, 1.82) is 0 Å². The molecule has 0 unspecified atom stereocenters.